The summed E-state index contributed by atoms with van der Waals surface area (Å²) in [4.78, 5) is 52.0. The Morgan fingerprint density at radius 3 is 2.55 bits per heavy atom. The standard InChI is InChI=1S/C21H27N3O7/c1-12(20(27)23-8-4-5-15(23)21(28)29)22-19(26)13-9-18(25)24(11-13)14-6-7-16(30-2)17(10-14)31-3/h6-7,10,12-13,15H,4-5,8-9,11H2,1-3H3,(H,22,26)(H,28,29). The molecule has 2 aliphatic heterocycles. The molecule has 2 aliphatic rings. The van der Waals surface area contributed by atoms with Gasteiger partial charge in [0.05, 0.1) is 20.1 Å². The number of carboxylic acid groups (broad SMARTS) is 1. The first kappa shape index (κ1) is 22.4. The molecular weight excluding hydrogens is 406 g/mol. The van der Waals surface area contributed by atoms with Gasteiger partial charge in [0.1, 0.15) is 12.1 Å². The van der Waals surface area contributed by atoms with E-state index in [2.05, 4.69) is 5.32 Å². The van der Waals surface area contributed by atoms with Gasteiger partial charge in [-0.2, -0.15) is 0 Å². The summed E-state index contributed by atoms with van der Waals surface area (Å²) in [7, 11) is 3.01. The van der Waals surface area contributed by atoms with E-state index in [1.165, 1.54) is 30.9 Å². The van der Waals surface area contributed by atoms with Gasteiger partial charge in [-0.1, -0.05) is 0 Å². The van der Waals surface area contributed by atoms with Gasteiger partial charge < -0.3 is 29.7 Å². The van der Waals surface area contributed by atoms with Gasteiger partial charge in [-0.3, -0.25) is 14.4 Å². The van der Waals surface area contributed by atoms with E-state index in [0.717, 1.165) is 0 Å². The molecule has 2 heterocycles. The van der Waals surface area contributed by atoms with Gasteiger partial charge >= 0.3 is 5.97 Å². The Kier molecular flexibility index (Phi) is 6.67. The number of rotatable bonds is 7. The number of aliphatic carboxylic acids is 1. The first-order valence-corrected chi connectivity index (χ1v) is 10.1. The number of likely N-dealkylation sites (tertiary alicyclic amines) is 1. The largest absolute Gasteiger partial charge is 0.493 e. The molecule has 2 N–H and O–H groups in total. The van der Waals surface area contributed by atoms with Crippen LogP contribution in [0.15, 0.2) is 18.2 Å². The molecule has 31 heavy (non-hydrogen) atoms. The van der Waals surface area contributed by atoms with Crippen molar-refractivity contribution in [3.8, 4) is 11.5 Å². The lowest BCUT2D eigenvalue weighted by atomic mass is 10.1. The van der Waals surface area contributed by atoms with Gasteiger partial charge in [-0.15, -0.1) is 0 Å². The Labute approximate surface area is 180 Å². The summed E-state index contributed by atoms with van der Waals surface area (Å²) in [6, 6.07) is 3.33. The SMILES string of the molecule is COc1ccc(N2CC(C(=O)NC(C)C(=O)N3CCCC3C(=O)O)CC2=O)cc1OC. The van der Waals surface area contributed by atoms with Crippen LogP contribution in [0, 0.1) is 5.92 Å². The minimum absolute atomic E-state index is 0.0164. The lowest BCUT2D eigenvalue weighted by Gasteiger charge is -2.26. The van der Waals surface area contributed by atoms with Crippen molar-refractivity contribution in [1.82, 2.24) is 10.2 Å². The molecule has 0 bridgehead atoms. The van der Waals surface area contributed by atoms with Crippen molar-refractivity contribution in [1.29, 1.82) is 0 Å². The van der Waals surface area contributed by atoms with E-state index < -0.39 is 35.8 Å². The van der Waals surface area contributed by atoms with Crippen LogP contribution in [0.25, 0.3) is 0 Å². The Morgan fingerprint density at radius 2 is 1.90 bits per heavy atom. The minimum atomic E-state index is -1.05. The van der Waals surface area contributed by atoms with E-state index in [1.807, 2.05) is 0 Å². The number of methoxy groups -OCH3 is 2. The highest BCUT2D eigenvalue weighted by Crippen LogP contribution is 2.34. The monoisotopic (exact) mass is 433 g/mol. The van der Waals surface area contributed by atoms with Crippen molar-refractivity contribution >= 4 is 29.4 Å². The molecule has 3 amide bonds. The summed E-state index contributed by atoms with van der Waals surface area (Å²) in [6.07, 6.45) is 1.03. The van der Waals surface area contributed by atoms with Crippen LogP contribution in [0.1, 0.15) is 26.2 Å². The lowest BCUT2D eigenvalue weighted by molar-refractivity contribution is -0.149. The number of hydrogen-bond donors (Lipinski definition) is 2. The normalized spacial score (nSPS) is 21.7. The number of carbonyl (C=O) groups excluding carboxylic acids is 3. The van der Waals surface area contributed by atoms with Crippen molar-refractivity contribution in [3.05, 3.63) is 18.2 Å². The summed E-state index contributed by atoms with van der Waals surface area (Å²) in [5, 5.41) is 11.9. The number of hydrogen-bond acceptors (Lipinski definition) is 6. The number of carbonyl (C=O) groups is 4. The van der Waals surface area contributed by atoms with Crippen LogP contribution in [0.3, 0.4) is 0 Å². The molecule has 10 nitrogen and oxygen atoms in total. The van der Waals surface area contributed by atoms with Crippen LogP contribution < -0.4 is 19.7 Å². The molecule has 10 heteroatoms. The molecule has 3 rings (SSSR count). The number of nitrogens with zero attached hydrogens (tertiary/aromatic N) is 2. The first-order valence-electron chi connectivity index (χ1n) is 10.1. The van der Waals surface area contributed by atoms with Crippen molar-refractivity contribution in [2.75, 3.05) is 32.2 Å². The molecule has 3 unspecified atom stereocenters. The average molecular weight is 433 g/mol. The lowest BCUT2D eigenvalue weighted by Crippen LogP contribution is -2.51. The molecule has 1 aromatic carbocycles. The van der Waals surface area contributed by atoms with E-state index in [9.17, 15) is 24.3 Å². The Morgan fingerprint density at radius 1 is 1.19 bits per heavy atom. The van der Waals surface area contributed by atoms with Gasteiger partial charge in [0.15, 0.2) is 11.5 Å². The molecule has 0 radical (unpaired) electrons. The van der Waals surface area contributed by atoms with Crippen LogP contribution in [0.2, 0.25) is 0 Å². The third-order valence-corrected chi connectivity index (χ3v) is 5.72. The summed E-state index contributed by atoms with van der Waals surface area (Å²) >= 11 is 0. The fraction of sp³-hybridized carbons (Fsp3) is 0.524. The molecule has 0 spiro atoms. The van der Waals surface area contributed by atoms with Crippen LogP contribution in [-0.2, 0) is 19.2 Å². The van der Waals surface area contributed by atoms with Gasteiger partial charge in [0.25, 0.3) is 0 Å². The smallest absolute Gasteiger partial charge is 0.326 e. The topological polar surface area (TPSA) is 125 Å². The molecule has 168 valence electrons. The maximum atomic E-state index is 12.7. The summed E-state index contributed by atoms with van der Waals surface area (Å²) in [5.41, 5.74) is 0.587. The van der Waals surface area contributed by atoms with Gasteiger partial charge in [-0.05, 0) is 31.9 Å². The van der Waals surface area contributed by atoms with E-state index in [1.54, 1.807) is 18.2 Å². The minimum Gasteiger partial charge on any atom is -0.493 e. The fourth-order valence-electron chi connectivity index (χ4n) is 4.05. The molecule has 0 aromatic heterocycles. The maximum Gasteiger partial charge on any atom is 0.326 e. The fourth-order valence-corrected chi connectivity index (χ4v) is 4.05. The molecule has 2 fully saturated rings. The zero-order valence-electron chi connectivity index (χ0n) is 17.8. The molecular formula is C21H27N3O7. The number of anilines is 1. The molecule has 0 aliphatic carbocycles. The zero-order chi connectivity index (χ0) is 22.7. The Bertz CT molecular complexity index is 888. The molecule has 1 aromatic rings. The summed E-state index contributed by atoms with van der Waals surface area (Å²) in [5.74, 6) is -1.72. The average Bonchev–Trinajstić information content (AvgIpc) is 3.39. The van der Waals surface area contributed by atoms with E-state index in [-0.39, 0.29) is 18.9 Å². The highest BCUT2D eigenvalue weighted by molar-refractivity contribution is 6.01. The van der Waals surface area contributed by atoms with Crippen LogP contribution in [0.5, 0.6) is 11.5 Å². The number of carboxylic acids is 1. The maximum absolute atomic E-state index is 12.7. The highest BCUT2D eigenvalue weighted by Gasteiger charge is 2.39. The van der Waals surface area contributed by atoms with Crippen molar-refractivity contribution in [3.63, 3.8) is 0 Å². The second kappa shape index (κ2) is 9.23. The van der Waals surface area contributed by atoms with Crippen LogP contribution in [0.4, 0.5) is 5.69 Å². The number of ether oxygens (including phenoxy) is 2. The van der Waals surface area contributed by atoms with E-state index in [4.69, 9.17) is 9.47 Å². The van der Waals surface area contributed by atoms with Crippen molar-refractivity contribution in [2.24, 2.45) is 5.92 Å². The molecule has 3 atom stereocenters. The van der Waals surface area contributed by atoms with Gasteiger partial charge in [-0.25, -0.2) is 4.79 Å². The number of benzene rings is 1. The predicted molar refractivity (Wildman–Crippen MR) is 110 cm³/mol. The third kappa shape index (κ3) is 4.57. The van der Waals surface area contributed by atoms with E-state index in [0.29, 0.717) is 36.6 Å². The van der Waals surface area contributed by atoms with Gasteiger partial charge in [0.2, 0.25) is 17.7 Å². The van der Waals surface area contributed by atoms with Gasteiger partial charge in [0, 0.05) is 31.3 Å². The second-order valence-corrected chi connectivity index (χ2v) is 7.70. The highest BCUT2D eigenvalue weighted by atomic mass is 16.5. The molecule has 0 saturated carbocycles. The van der Waals surface area contributed by atoms with Crippen LogP contribution >= 0.6 is 0 Å². The van der Waals surface area contributed by atoms with Crippen molar-refractivity contribution in [2.45, 2.75) is 38.3 Å². The Balaban J connectivity index is 1.64. The molecule has 2 saturated heterocycles. The van der Waals surface area contributed by atoms with E-state index >= 15 is 0 Å². The third-order valence-electron chi connectivity index (χ3n) is 5.72. The summed E-state index contributed by atoms with van der Waals surface area (Å²) in [6.45, 7) is 2.05. The van der Waals surface area contributed by atoms with Crippen LogP contribution in [-0.4, -0.2) is 73.1 Å². The summed E-state index contributed by atoms with van der Waals surface area (Å²) < 4.78 is 10.5. The zero-order valence-corrected chi connectivity index (χ0v) is 17.8. The Hall–Kier alpha value is -3.30. The predicted octanol–water partition coefficient (Wildman–Crippen LogP) is 0.637. The quantitative estimate of drug-likeness (QED) is 0.646. The number of nitrogens with one attached hydrogen (secondary N) is 1. The second-order valence-electron chi connectivity index (χ2n) is 7.70. The first-order chi connectivity index (χ1) is 14.8. The number of amides is 3. The van der Waals surface area contributed by atoms with Crippen molar-refractivity contribution < 1.29 is 33.8 Å².